The van der Waals surface area contributed by atoms with E-state index in [9.17, 15) is 14.4 Å². The zero-order valence-electron chi connectivity index (χ0n) is 43.3. The topological polar surface area (TPSA) is 78.9 Å². The van der Waals surface area contributed by atoms with Crippen LogP contribution in [0.3, 0.4) is 0 Å². The van der Waals surface area contributed by atoms with E-state index in [-0.39, 0.29) is 31.1 Å². The Kier molecular flexibility index (Phi) is 52.2. The van der Waals surface area contributed by atoms with Gasteiger partial charge in [0.05, 0.1) is 0 Å². The van der Waals surface area contributed by atoms with Crippen molar-refractivity contribution < 1.29 is 28.6 Å². The Labute approximate surface area is 399 Å². The minimum Gasteiger partial charge on any atom is -0.462 e. The molecule has 378 valence electrons. The first-order chi connectivity index (χ1) is 31.5. The zero-order chi connectivity index (χ0) is 46.5. The van der Waals surface area contributed by atoms with Crippen LogP contribution < -0.4 is 0 Å². The maximum absolute atomic E-state index is 12.8. The second kappa shape index (κ2) is 53.8. The number of unbranched alkanes of at least 4 members (excludes halogenated alkanes) is 40. The van der Waals surface area contributed by atoms with E-state index in [1.54, 1.807) is 0 Å². The number of allylic oxidation sites excluding steroid dienone is 2. The van der Waals surface area contributed by atoms with Crippen LogP contribution in [0.5, 0.6) is 0 Å². The number of ether oxygens (including phenoxy) is 3. The van der Waals surface area contributed by atoms with E-state index in [2.05, 4.69) is 32.9 Å². The molecule has 0 aromatic heterocycles. The summed E-state index contributed by atoms with van der Waals surface area (Å²) in [5.41, 5.74) is 0. The van der Waals surface area contributed by atoms with Gasteiger partial charge in [-0.05, 0) is 44.9 Å². The number of carbonyl (C=O) groups excluding carboxylic acids is 3. The molecular weight excluding hydrogens is 793 g/mol. The molecular formula is C58H110O6. The molecule has 64 heavy (non-hydrogen) atoms. The highest BCUT2D eigenvalue weighted by atomic mass is 16.6. The Morgan fingerprint density at radius 1 is 0.297 bits per heavy atom. The summed E-state index contributed by atoms with van der Waals surface area (Å²) >= 11 is 0. The fourth-order valence-electron chi connectivity index (χ4n) is 8.68. The molecule has 0 N–H and O–H groups in total. The van der Waals surface area contributed by atoms with Crippen molar-refractivity contribution in [2.45, 2.75) is 329 Å². The molecule has 6 nitrogen and oxygen atoms in total. The number of esters is 3. The molecule has 0 aromatic carbocycles. The normalized spacial score (nSPS) is 12.0. The van der Waals surface area contributed by atoms with Crippen LogP contribution in [0.25, 0.3) is 0 Å². The lowest BCUT2D eigenvalue weighted by Gasteiger charge is -2.18. The quantitative estimate of drug-likeness (QED) is 0.0262. The Morgan fingerprint density at radius 3 is 0.781 bits per heavy atom. The number of hydrogen-bond acceptors (Lipinski definition) is 6. The minimum atomic E-state index is -0.767. The number of rotatable bonds is 53. The zero-order valence-corrected chi connectivity index (χ0v) is 43.3. The van der Waals surface area contributed by atoms with E-state index in [0.717, 1.165) is 64.2 Å². The van der Waals surface area contributed by atoms with Gasteiger partial charge >= 0.3 is 17.9 Å². The average Bonchev–Trinajstić information content (AvgIpc) is 3.29. The summed E-state index contributed by atoms with van der Waals surface area (Å²) < 4.78 is 16.8. The van der Waals surface area contributed by atoms with Crippen LogP contribution in [0.4, 0.5) is 0 Å². The largest absolute Gasteiger partial charge is 0.462 e. The lowest BCUT2D eigenvalue weighted by atomic mass is 10.0. The number of carbonyl (C=O) groups is 3. The predicted octanol–water partition coefficient (Wildman–Crippen LogP) is 18.9. The molecule has 0 radical (unpaired) electrons. The van der Waals surface area contributed by atoms with Gasteiger partial charge in [0.1, 0.15) is 13.2 Å². The lowest BCUT2D eigenvalue weighted by molar-refractivity contribution is -0.167. The van der Waals surface area contributed by atoms with Crippen molar-refractivity contribution >= 4 is 17.9 Å². The van der Waals surface area contributed by atoms with Gasteiger partial charge in [-0.2, -0.15) is 0 Å². The highest BCUT2D eigenvalue weighted by molar-refractivity contribution is 5.71. The predicted molar refractivity (Wildman–Crippen MR) is 275 cm³/mol. The van der Waals surface area contributed by atoms with Crippen molar-refractivity contribution in [1.29, 1.82) is 0 Å². The SMILES string of the molecule is CCCCCCCC/C=C\CCCCCCCC(=O)OC(COC(=O)CCCCCCCCC)COC(=O)CCCCCCCCCCCCCCCCCCCCCCCCCC. The van der Waals surface area contributed by atoms with Crippen LogP contribution in [-0.4, -0.2) is 37.2 Å². The van der Waals surface area contributed by atoms with Crippen molar-refractivity contribution in [2.75, 3.05) is 13.2 Å². The van der Waals surface area contributed by atoms with E-state index in [1.807, 2.05) is 0 Å². The monoisotopic (exact) mass is 903 g/mol. The van der Waals surface area contributed by atoms with Crippen molar-refractivity contribution in [1.82, 2.24) is 0 Å². The third-order valence-electron chi connectivity index (χ3n) is 13.0. The van der Waals surface area contributed by atoms with Gasteiger partial charge in [-0.15, -0.1) is 0 Å². The Hall–Kier alpha value is -1.85. The maximum Gasteiger partial charge on any atom is 0.306 e. The fourth-order valence-corrected chi connectivity index (χ4v) is 8.68. The van der Waals surface area contributed by atoms with Crippen molar-refractivity contribution in [3.05, 3.63) is 12.2 Å². The van der Waals surface area contributed by atoms with Crippen LogP contribution in [0.2, 0.25) is 0 Å². The molecule has 0 heterocycles. The Bertz CT molecular complexity index is 993. The van der Waals surface area contributed by atoms with Gasteiger partial charge in [-0.1, -0.05) is 270 Å². The molecule has 1 atom stereocenters. The molecule has 1 unspecified atom stereocenters. The third kappa shape index (κ3) is 51.1. The summed E-state index contributed by atoms with van der Waals surface area (Å²) in [6.07, 6.45) is 60.9. The van der Waals surface area contributed by atoms with Crippen LogP contribution in [0.1, 0.15) is 323 Å². The molecule has 0 spiro atoms. The fraction of sp³-hybridized carbons (Fsp3) is 0.914. The van der Waals surface area contributed by atoms with E-state index >= 15 is 0 Å². The lowest BCUT2D eigenvalue weighted by Crippen LogP contribution is -2.30. The van der Waals surface area contributed by atoms with Crippen molar-refractivity contribution in [2.24, 2.45) is 0 Å². The van der Waals surface area contributed by atoms with Crippen molar-refractivity contribution in [3.8, 4) is 0 Å². The molecule has 6 heteroatoms. The minimum absolute atomic E-state index is 0.0684. The van der Waals surface area contributed by atoms with Crippen LogP contribution in [0, 0.1) is 0 Å². The summed E-state index contributed by atoms with van der Waals surface area (Å²) in [6.45, 7) is 6.63. The van der Waals surface area contributed by atoms with Crippen LogP contribution >= 0.6 is 0 Å². The second-order valence-corrected chi connectivity index (χ2v) is 19.6. The van der Waals surface area contributed by atoms with Gasteiger partial charge in [0.25, 0.3) is 0 Å². The summed E-state index contributed by atoms with van der Waals surface area (Å²) in [5.74, 6) is -0.864. The van der Waals surface area contributed by atoms with Gasteiger partial charge in [0, 0.05) is 19.3 Å². The Morgan fingerprint density at radius 2 is 0.516 bits per heavy atom. The summed E-state index contributed by atoms with van der Waals surface area (Å²) in [5, 5.41) is 0. The molecule has 0 aromatic rings. The molecule has 0 fully saturated rings. The highest BCUT2D eigenvalue weighted by Gasteiger charge is 2.19. The van der Waals surface area contributed by atoms with E-state index in [4.69, 9.17) is 14.2 Å². The van der Waals surface area contributed by atoms with Crippen LogP contribution in [-0.2, 0) is 28.6 Å². The molecule has 0 amide bonds. The molecule has 0 aliphatic carbocycles. The summed E-state index contributed by atoms with van der Waals surface area (Å²) in [7, 11) is 0. The van der Waals surface area contributed by atoms with Gasteiger partial charge in [-0.25, -0.2) is 0 Å². The van der Waals surface area contributed by atoms with Gasteiger partial charge in [-0.3, -0.25) is 14.4 Å². The van der Waals surface area contributed by atoms with E-state index < -0.39 is 6.10 Å². The van der Waals surface area contributed by atoms with Gasteiger partial charge in [0.15, 0.2) is 6.10 Å². The molecule has 0 saturated heterocycles. The smallest absolute Gasteiger partial charge is 0.306 e. The first kappa shape index (κ1) is 62.1. The summed E-state index contributed by atoms with van der Waals surface area (Å²) in [4.78, 5) is 37.9. The second-order valence-electron chi connectivity index (χ2n) is 19.6. The maximum atomic E-state index is 12.8. The molecule has 0 saturated carbocycles. The van der Waals surface area contributed by atoms with E-state index in [1.165, 1.54) is 218 Å². The first-order valence-corrected chi connectivity index (χ1v) is 28.7. The van der Waals surface area contributed by atoms with Gasteiger partial charge < -0.3 is 14.2 Å². The first-order valence-electron chi connectivity index (χ1n) is 28.7. The summed E-state index contributed by atoms with van der Waals surface area (Å²) in [6, 6.07) is 0. The molecule has 0 aliphatic heterocycles. The molecule has 0 bridgehead atoms. The van der Waals surface area contributed by atoms with Gasteiger partial charge in [0.2, 0.25) is 0 Å². The average molecular weight is 904 g/mol. The van der Waals surface area contributed by atoms with E-state index in [0.29, 0.717) is 19.3 Å². The molecule has 0 rings (SSSR count). The highest BCUT2D eigenvalue weighted by Crippen LogP contribution is 2.17. The number of hydrogen-bond donors (Lipinski definition) is 0. The van der Waals surface area contributed by atoms with Crippen molar-refractivity contribution in [3.63, 3.8) is 0 Å². The molecule has 0 aliphatic rings. The Balaban J connectivity index is 4.09. The van der Waals surface area contributed by atoms with Crippen LogP contribution in [0.15, 0.2) is 12.2 Å². The standard InChI is InChI=1S/C58H110O6/c1-4-7-10-13-16-18-20-22-24-25-26-27-28-29-30-31-32-34-35-37-39-42-45-48-51-57(60)63-54-55(53-62-56(59)50-47-44-41-15-12-9-6-3)64-58(61)52-49-46-43-40-38-36-33-23-21-19-17-14-11-8-5-2/h23,33,55H,4-22,24-32,34-54H2,1-3H3/b33-23-. The third-order valence-corrected chi connectivity index (χ3v) is 13.0.